The van der Waals surface area contributed by atoms with Crippen LogP contribution in [0.25, 0.3) is 0 Å². The van der Waals surface area contributed by atoms with Gasteiger partial charge in [0.2, 0.25) is 6.10 Å². The molecule has 0 fully saturated rings. The number of carbonyl (C=O) groups excluding carboxylic acids is 1. The fraction of sp³-hybridized carbons (Fsp3) is 0.222. The molecule has 1 atom stereocenters. The minimum atomic E-state index is -3.25. The van der Waals surface area contributed by atoms with Crippen molar-refractivity contribution in [1.82, 2.24) is 5.43 Å². The Kier molecular flexibility index (Phi) is 4.94. The molecule has 0 aromatic heterocycles. The van der Waals surface area contributed by atoms with Gasteiger partial charge in [-0.1, -0.05) is 24.3 Å². The highest BCUT2D eigenvalue weighted by Crippen LogP contribution is 2.30. The SMILES string of the molecule is C/C(=N/NC(=O)[C@@H]1COc2ccccc2O1)c1ccc(S(C)(=O)=O)cc1. The van der Waals surface area contributed by atoms with Crippen LogP contribution in [0.2, 0.25) is 0 Å². The van der Waals surface area contributed by atoms with E-state index in [4.69, 9.17) is 9.47 Å². The summed E-state index contributed by atoms with van der Waals surface area (Å²) in [7, 11) is -3.25. The number of hydrogen-bond donors (Lipinski definition) is 1. The molecule has 2 aromatic rings. The smallest absolute Gasteiger partial charge is 0.284 e. The molecule has 0 unspecified atom stereocenters. The fourth-order valence-corrected chi connectivity index (χ4v) is 3.00. The molecule has 1 aliphatic rings. The molecule has 26 heavy (non-hydrogen) atoms. The molecule has 1 amide bonds. The first-order valence-corrected chi connectivity index (χ1v) is 9.77. The Balaban J connectivity index is 1.65. The van der Waals surface area contributed by atoms with Gasteiger partial charge in [-0.05, 0) is 36.8 Å². The van der Waals surface area contributed by atoms with Crippen molar-refractivity contribution in [2.24, 2.45) is 5.10 Å². The number of sulfone groups is 1. The lowest BCUT2D eigenvalue weighted by Gasteiger charge is -2.24. The van der Waals surface area contributed by atoms with Crippen molar-refractivity contribution < 1.29 is 22.7 Å². The Labute approximate surface area is 151 Å². The lowest BCUT2D eigenvalue weighted by atomic mass is 10.1. The zero-order valence-electron chi connectivity index (χ0n) is 14.3. The third-order valence-corrected chi connectivity index (χ3v) is 4.96. The van der Waals surface area contributed by atoms with E-state index in [-0.39, 0.29) is 11.5 Å². The third-order valence-electron chi connectivity index (χ3n) is 3.84. The lowest BCUT2D eigenvalue weighted by molar-refractivity contribution is -0.130. The van der Waals surface area contributed by atoms with Gasteiger partial charge >= 0.3 is 0 Å². The number of para-hydroxylation sites is 2. The van der Waals surface area contributed by atoms with E-state index >= 15 is 0 Å². The van der Waals surface area contributed by atoms with Crippen LogP contribution in [0.1, 0.15) is 12.5 Å². The molecule has 0 radical (unpaired) electrons. The summed E-state index contributed by atoms with van der Waals surface area (Å²) in [5, 5.41) is 4.05. The molecule has 8 heteroatoms. The summed E-state index contributed by atoms with van der Waals surface area (Å²) < 4.78 is 34.1. The van der Waals surface area contributed by atoms with Crippen LogP contribution in [0.5, 0.6) is 11.5 Å². The number of benzene rings is 2. The molecular weight excluding hydrogens is 356 g/mol. The van der Waals surface area contributed by atoms with Crippen LogP contribution in [-0.4, -0.2) is 39.0 Å². The summed E-state index contributed by atoms with van der Waals surface area (Å²) in [6.07, 6.45) is 0.349. The van der Waals surface area contributed by atoms with Gasteiger partial charge in [0.25, 0.3) is 5.91 Å². The average Bonchev–Trinajstić information content (AvgIpc) is 2.64. The van der Waals surface area contributed by atoms with Crippen LogP contribution < -0.4 is 14.9 Å². The number of hydrazone groups is 1. The van der Waals surface area contributed by atoms with Gasteiger partial charge in [-0.3, -0.25) is 4.79 Å². The van der Waals surface area contributed by atoms with E-state index < -0.39 is 21.8 Å². The summed E-state index contributed by atoms with van der Waals surface area (Å²) in [4.78, 5) is 12.5. The normalized spacial score (nSPS) is 16.8. The van der Waals surface area contributed by atoms with E-state index in [2.05, 4.69) is 10.5 Å². The number of nitrogens with zero attached hydrogens (tertiary/aromatic N) is 1. The van der Waals surface area contributed by atoms with Crippen molar-refractivity contribution in [1.29, 1.82) is 0 Å². The van der Waals surface area contributed by atoms with Crippen molar-refractivity contribution in [2.75, 3.05) is 12.9 Å². The van der Waals surface area contributed by atoms with Gasteiger partial charge in [0.05, 0.1) is 10.6 Å². The van der Waals surface area contributed by atoms with E-state index in [0.29, 0.717) is 22.8 Å². The number of rotatable bonds is 4. The second-order valence-electron chi connectivity index (χ2n) is 5.83. The molecule has 3 rings (SSSR count). The van der Waals surface area contributed by atoms with Crippen LogP contribution in [0.4, 0.5) is 0 Å². The van der Waals surface area contributed by atoms with E-state index in [1.807, 2.05) is 6.07 Å². The number of nitrogens with one attached hydrogen (secondary N) is 1. The molecule has 0 spiro atoms. The highest BCUT2D eigenvalue weighted by Gasteiger charge is 2.27. The standard InChI is InChI=1S/C18H18N2O5S/c1-12(13-7-9-14(10-8-13)26(2,22)23)19-20-18(21)17-11-24-15-5-3-4-6-16(15)25-17/h3-10,17H,11H2,1-2H3,(H,20,21)/b19-12-/t17-/m0/s1. The highest BCUT2D eigenvalue weighted by atomic mass is 32.2. The first-order chi connectivity index (χ1) is 12.3. The van der Waals surface area contributed by atoms with Gasteiger partial charge < -0.3 is 9.47 Å². The van der Waals surface area contributed by atoms with E-state index in [0.717, 1.165) is 6.26 Å². The van der Waals surface area contributed by atoms with Crippen LogP contribution in [0.15, 0.2) is 58.5 Å². The van der Waals surface area contributed by atoms with Crippen LogP contribution in [-0.2, 0) is 14.6 Å². The lowest BCUT2D eigenvalue weighted by Crippen LogP contribution is -2.42. The Morgan fingerprint density at radius 2 is 1.77 bits per heavy atom. The Bertz CT molecular complexity index is 952. The Morgan fingerprint density at radius 1 is 1.12 bits per heavy atom. The average molecular weight is 374 g/mol. The maximum atomic E-state index is 12.2. The predicted molar refractivity (Wildman–Crippen MR) is 96.3 cm³/mol. The molecule has 2 aromatic carbocycles. The molecule has 0 saturated heterocycles. The Morgan fingerprint density at radius 3 is 2.42 bits per heavy atom. The van der Waals surface area contributed by atoms with Crippen molar-refractivity contribution in [3.63, 3.8) is 0 Å². The van der Waals surface area contributed by atoms with Gasteiger partial charge in [-0.2, -0.15) is 5.10 Å². The minimum absolute atomic E-state index is 0.0977. The van der Waals surface area contributed by atoms with Gasteiger partial charge in [-0.25, -0.2) is 13.8 Å². The van der Waals surface area contributed by atoms with Gasteiger partial charge in [-0.15, -0.1) is 0 Å². The topological polar surface area (TPSA) is 94.1 Å². The number of ether oxygens (including phenoxy) is 2. The number of hydrogen-bond acceptors (Lipinski definition) is 6. The summed E-state index contributed by atoms with van der Waals surface area (Å²) in [6.45, 7) is 1.81. The molecule has 0 bridgehead atoms. The van der Waals surface area contributed by atoms with E-state index in [9.17, 15) is 13.2 Å². The van der Waals surface area contributed by atoms with Crippen LogP contribution in [0.3, 0.4) is 0 Å². The van der Waals surface area contributed by atoms with Crippen molar-refractivity contribution in [2.45, 2.75) is 17.9 Å². The number of carbonyl (C=O) groups is 1. The Hall–Kier alpha value is -2.87. The molecular formula is C18H18N2O5S. The zero-order chi connectivity index (χ0) is 18.7. The summed E-state index contributed by atoms with van der Waals surface area (Å²) >= 11 is 0. The largest absolute Gasteiger partial charge is 0.485 e. The second kappa shape index (κ2) is 7.17. The first kappa shape index (κ1) is 17.9. The fourth-order valence-electron chi connectivity index (χ4n) is 2.37. The molecule has 1 heterocycles. The van der Waals surface area contributed by atoms with Crippen LogP contribution >= 0.6 is 0 Å². The van der Waals surface area contributed by atoms with Gasteiger partial charge in [0.15, 0.2) is 21.3 Å². The highest BCUT2D eigenvalue weighted by molar-refractivity contribution is 7.90. The van der Waals surface area contributed by atoms with E-state index in [1.165, 1.54) is 12.1 Å². The second-order valence-corrected chi connectivity index (χ2v) is 7.85. The van der Waals surface area contributed by atoms with Gasteiger partial charge in [0, 0.05) is 6.26 Å². The molecule has 7 nitrogen and oxygen atoms in total. The molecule has 1 aliphatic heterocycles. The maximum Gasteiger partial charge on any atom is 0.284 e. The molecule has 0 saturated carbocycles. The molecule has 136 valence electrons. The monoisotopic (exact) mass is 374 g/mol. The summed E-state index contributed by atoms with van der Waals surface area (Å²) in [5.74, 6) is 0.685. The van der Waals surface area contributed by atoms with Crippen molar-refractivity contribution in [3.05, 3.63) is 54.1 Å². The quantitative estimate of drug-likeness (QED) is 0.650. The van der Waals surface area contributed by atoms with E-state index in [1.54, 1.807) is 37.3 Å². The maximum absolute atomic E-state index is 12.2. The predicted octanol–water partition coefficient (Wildman–Crippen LogP) is 1.77. The van der Waals surface area contributed by atoms with Crippen molar-refractivity contribution >= 4 is 21.5 Å². The number of amides is 1. The number of fused-ring (bicyclic) bond motifs is 1. The first-order valence-electron chi connectivity index (χ1n) is 7.88. The summed E-state index contributed by atoms with van der Waals surface area (Å²) in [6, 6.07) is 13.4. The zero-order valence-corrected chi connectivity index (χ0v) is 15.1. The molecule has 1 N–H and O–H groups in total. The van der Waals surface area contributed by atoms with Crippen LogP contribution in [0, 0.1) is 0 Å². The van der Waals surface area contributed by atoms with Gasteiger partial charge in [0.1, 0.15) is 6.61 Å². The van der Waals surface area contributed by atoms with Crippen molar-refractivity contribution in [3.8, 4) is 11.5 Å². The summed E-state index contributed by atoms with van der Waals surface area (Å²) in [5.41, 5.74) is 3.69. The molecule has 0 aliphatic carbocycles. The third kappa shape index (κ3) is 4.02. The minimum Gasteiger partial charge on any atom is -0.485 e.